The van der Waals surface area contributed by atoms with Crippen LogP contribution >= 0.6 is 11.6 Å². The van der Waals surface area contributed by atoms with E-state index in [4.69, 9.17) is 11.6 Å². The number of anilines is 2. The fourth-order valence-corrected chi connectivity index (χ4v) is 3.98. The molecule has 4 aromatic rings. The van der Waals surface area contributed by atoms with Crippen molar-refractivity contribution in [2.75, 3.05) is 10.6 Å². The minimum absolute atomic E-state index is 0.100. The molecular formula is C25H19ClFN5O. The van der Waals surface area contributed by atoms with E-state index in [0.29, 0.717) is 11.5 Å². The van der Waals surface area contributed by atoms with Crippen LogP contribution < -0.4 is 10.6 Å². The maximum atomic E-state index is 14.9. The van der Waals surface area contributed by atoms with Gasteiger partial charge in [0.25, 0.3) is 11.9 Å². The number of carbonyl (C=O) groups is 1. The Morgan fingerprint density at radius 1 is 1.06 bits per heavy atom. The number of carbonyl (C=O) groups excluding carboxylic acids is 1. The normalized spacial score (nSPS) is 14.8. The van der Waals surface area contributed by atoms with E-state index in [1.54, 1.807) is 24.3 Å². The van der Waals surface area contributed by atoms with E-state index >= 15 is 0 Å². The molecule has 6 nitrogen and oxygen atoms in total. The Morgan fingerprint density at radius 3 is 2.55 bits per heavy atom. The topological polar surface area (TPSA) is 71.8 Å². The Balaban J connectivity index is 1.54. The maximum Gasteiger partial charge on any atom is 0.258 e. The van der Waals surface area contributed by atoms with Crippen molar-refractivity contribution in [1.29, 1.82) is 0 Å². The molecule has 0 unspecified atom stereocenters. The molecule has 0 aliphatic carbocycles. The van der Waals surface area contributed by atoms with Gasteiger partial charge in [-0.2, -0.15) is 4.98 Å². The number of allylic oxidation sites excluding steroid dienone is 1. The van der Waals surface area contributed by atoms with Crippen LogP contribution in [0.3, 0.4) is 0 Å². The molecule has 33 heavy (non-hydrogen) atoms. The summed E-state index contributed by atoms with van der Waals surface area (Å²) in [6.07, 6.45) is 1.84. The molecular weight excluding hydrogens is 441 g/mol. The van der Waals surface area contributed by atoms with Gasteiger partial charge in [0.15, 0.2) is 0 Å². The molecule has 0 bridgehead atoms. The summed E-state index contributed by atoms with van der Waals surface area (Å²) in [4.78, 5) is 17.1. The highest BCUT2D eigenvalue weighted by Gasteiger charge is 2.29. The molecule has 1 aliphatic heterocycles. The predicted molar refractivity (Wildman–Crippen MR) is 127 cm³/mol. The van der Waals surface area contributed by atoms with Crippen LogP contribution in [0.1, 0.15) is 33.1 Å². The largest absolute Gasteiger partial charge is 0.324 e. The molecule has 2 N–H and O–H groups in total. The quantitative estimate of drug-likeness (QED) is 0.411. The number of hydrogen-bond acceptors (Lipinski definition) is 4. The van der Waals surface area contributed by atoms with Crippen LogP contribution in [-0.4, -0.2) is 20.7 Å². The molecule has 5 rings (SSSR count). The highest BCUT2D eigenvalue weighted by Crippen LogP contribution is 2.37. The van der Waals surface area contributed by atoms with E-state index in [0.717, 1.165) is 16.8 Å². The zero-order valence-electron chi connectivity index (χ0n) is 17.6. The smallest absolute Gasteiger partial charge is 0.258 e. The molecule has 3 aromatic carbocycles. The summed E-state index contributed by atoms with van der Waals surface area (Å²) in [5.41, 5.74) is 3.44. The molecule has 0 spiro atoms. The molecule has 164 valence electrons. The molecule has 2 heterocycles. The van der Waals surface area contributed by atoms with E-state index in [-0.39, 0.29) is 22.4 Å². The van der Waals surface area contributed by atoms with Gasteiger partial charge in [-0.25, -0.2) is 9.07 Å². The van der Waals surface area contributed by atoms with E-state index in [9.17, 15) is 9.18 Å². The van der Waals surface area contributed by atoms with Gasteiger partial charge in [-0.3, -0.25) is 10.1 Å². The second-order valence-electron chi connectivity index (χ2n) is 7.68. The summed E-state index contributed by atoms with van der Waals surface area (Å²) in [5.74, 6) is -0.331. The number of nitrogens with zero attached hydrogens (tertiary/aromatic N) is 3. The van der Waals surface area contributed by atoms with Crippen LogP contribution in [0, 0.1) is 12.7 Å². The first kappa shape index (κ1) is 20.9. The average molecular weight is 460 g/mol. The van der Waals surface area contributed by atoms with Gasteiger partial charge in [0.05, 0.1) is 0 Å². The lowest BCUT2D eigenvalue weighted by atomic mass is 10.0. The standard InChI is InChI=1S/C25H19ClFN5O/c1-15-10-12-17(13-11-15)23(33)29-24-30-25-28-20(16-6-3-2-4-7-16)14-21(32(25)31-24)22-18(26)8-5-9-19(22)27/h2-14,21H,1H3,(H2,28,29,30,31,33)/t21-/m0/s1. The summed E-state index contributed by atoms with van der Waals surface area (Å²) in [7, 11) is 0. The van der Waals surface area contributed by atoms with E-state index in [1.807, 2.05) is 55.5 Å². The molecule has 0 fully saturated rings. The Morgan fingerprint density at radius 2 is 1.82 bits per heavy atom. The number of aromatic nitrogens is 3. The van der Waals surface area contributed by atoms with Crippen LogP contribution in [-0.2, 0) is 0 Å². The Kier molecular flexibility index (Phi) is 5.40. The first-order chi connectivity index (χ1) is 16.0. The van der Waals surface area contributed by atoms with E-state index in [1.165, 1.54) is 10.7 Å². The summed E-state index contributed by atoms with van der Waals surface area (Å²) in [5, 5.41) is 10.7. The molecule has 1 aliphatic rings. The first-order valence-corrected chi connectivity index (χ1v) is 10.7. The first-order valence-electron chi connectivity index (χ1n) is 10.3. The van der Waals surface area contributed by atoms with Crippen LogP contribution in [0.15, 0.2) is 78.9 Å². The van der Waals surface area contributed by atoms with Gasteiger partial charge in [0.2, 0.25) is 5.95 Å². The summed E-state index contributed by atoms with van der Waals surface area (Å²) in [6, 6.07) is 20.7. The summed E-state index contributed by atoms with van der Waals surface area (Å²) < 4.78 is 16.4. The predicted octanol–water partition coefficient (Wildman–Crippen LogP) is 5.69. The molecule has 1 amide bonds. The average Bonchev–Trinajstić information content (AvgIpc) is 3.22. The number of rotatable bonds is 4. The fourth-order valence-electron chi connectivity index (χ4n) is 3.71. The number of aryl methyl sites for hydroxylation is 1. The van der Waals surface area contributed by atoms with E-state index in [2.05, 4.69) is 20.7 Å². The maximum absolute atomic E-state index is 14.9. The number of fused-ring (bicyclic) bond motifs is 1. The molecule has 8 heteroatoms. The van der Waals surface area contributed by atoms with Crippen molar-refractivity contribution in [2.45, 2.75) is 13.0 Å². The van der Waals surface area contributed by atoms with Gasteiger partial charge in [-0.05, 0) is 42.8 Å². The summed E-state index contributed by atoms with van der Waals surface area (Å²) >= 11 is 6.39. The number of amides is 1. The van der Waals surface area contributed by atoms with Gasteiger partial charge in [-0.1, -0.05) is 65.7 Å². The monoisotopic (exact) mass is 459 g/mol. The van der Waals surface area contributed by atoms with Gasteiger partial charge >= 0.3 is 0 Å². The van der Waals surface area contributed by atoms with Gasteiger partial charge in [0.1, 0.15) is 11.9 Å². The number of halogens is 2. The van der Waals surface area contributed by atoms with Crippen molar-refractivity contribution in [3.63, 3.8) is 0 Å². The fraction of sp³-hybridized carbons (Fsp3) is 0.0800. The molecule has 0 saturated heterocycles. The zero-order valence-corrected chi connectivity index (χ0v) is 18.3. The van der Waals surface area contributed by atoms with Crippen LogP contribution in [0.5, 0.6) is 0 Å². The van der Waals surface area contributed by atoms with Crippen molar-refractivity contribution in [1.82, 2.24) is 14.8 Å². The van der Waals surface area contributed by atoms with E-state index < -0.39 is 11.9 Å². The Hall–Kier alpha value is -3.97. The second kappa shape index (κ2) is 8.52. The lowest BCUT2D eigenvalue weighted by Crippen LogP contribution is -2.21. The lowest BCUT2D eigenvalue weighted by Gasteiger charge is -2.25. The number of benzene rings is 3. The number of nitrogens with one attached hydrogen (secondary N) is 2. The van der Waals surface area contributed by atoms with Crippen molar-refractivity contribution in [3.8, 4) is 0 Å². The highest BCUT2D eigenvalue weighted by molar-refractivity contribution is 6.31. The minimum atomic E-state index is -0.664. The highest BCUT2D eigenvalue weighted by atomic mass is 35.5. The Bertz CT molecular complexity index is 1350. The van der Waals surface area contributed by atoms with Gasteiger partial charge < -0.3 is 5.32 Å². The third-order valence-electron chi connectivity index (χ3n) is 5.39. The molecule has 1 atom stereocenters. The van der Waals surface area contributed by atoms with Gasteiger partial charge in [0, 0.05) is 21.8 Å². The third-order valence-corrected chi connectivity index (χ3v) is 5.71. The van der Waals surface area contributed by atoms with Gasteiger partial charge in [-0.15, -0.1) is 5.10 Å². The van der Waals surface area contributed by atoms with Crippen LogP contribution in [0.25, 0.3) is 5.70 Å². The lowest BCUT2D eigenvalue weighted by molar-refractivity contribution is 0.102. The molecule has 1 aromatic heterocycles. The Labute approximate surface area is 194 Å². The van der Waals surface area contributed by atoms with Crippen molar-refractivity contribution >= 4 is 35.1 Å². The molecule has 0 radical (unpaired) electrons. The summed E-state index contributed by atoms with van der Waals surface area (Å²) in [6.45, 7) is 1.95. The van der Waals surface area contributed by atoms with Crippen molar-refractivity contribution in [3.05, 3.63) is 112 Å². The zero-order chi connectivity index (χ0) is 22.9. The van der Waals surface area contributed by atoms with Crippen LogP contribution in [0.4, 0.5) is 16.3 Å². The minimum Gasteiger partial charge on any atom is -0.324 e. The molecule has 0 saturated carbocycles. The van der Waals surface area contributed by atoms with Crippen molar-refractivity contribution in [2.24, 2.45) is 0 Å². The van der Waals surface area contributed by atoms with Crippen LogP contribution in [0.2, 0.25) is 5.02 Å². The third kappa shape index (κ3) is 4.10. The SMILES string of the molecule is Cc1ccc(C(=O)Nc2nc3n(n2)[C@H](c2c(F)cccc2Cl)C=C(c2ccccc2)N3)cc1. The second-order valence-corrected chi connectivity index (χ2v) is 8.08. The van der Waals surface area contributed by atoms with Crippen molar-refractivity contribution < 1.29 is 9.18 Å². The number of hydrogen-bond donors (Lipinski definition) is 2.